The number of rotatable bonds is 8. The summed E-state index contributed by atoms with van der Waals surface area (Å²) in [6, 6.07) is 17.8. The van der Waals surface area contributed by atoms with Crippen LogP contribution in [-0.2, 0) is 27.5 Å². The lowest BCUT2D eigenvalue weighted by Crippen LogP contribution is -2.51. The summed E-state index contributed by atoms with van der Waals surface area (Å²) < 4.78 is 66.3. The summed E-state index contributed by atoms with van der Waals surface area (Å²) in [5, 5.41) is 3.25. The Bertz CT molecular complexity index is 1350. The summed E-state index contributed by atoms with van der Waals surface area (Å²) >= 11 is 5.88. The van der Waals surface area contributed by atoms with Gasteiger partial charge < -0.3 is 5.32 Å². The zero-order valence-electron chi connectivity index (χ0n) is 19.3. The second-order valence-corrected chi connectivity index (χ2v) is 10.9. The number of alkyl halides is 3. The zero-order chi connectivity index (χ0) is 26.1. The molecule has 0 saturated heterocycles. The monoisotopic (exact) mass is 536 g/mol. The molecule has 1 amide bonds. The van der Waals surface area contributed by atoms with Crippen LogP contribution >= 0.6 is 11.6 Å². The predicted molar refractivity (Wildman–Crippen MR) is 132 cm³/mol. The van der Waals surface area contributed by atoms with Gasteiger partial charge in [-0.3, -0.25) is 4.79 Å². The highest BCUT2D eigenvalue weighted by Gasteiger charge is 2.58. The van der Waals surface area contributed by atoms with E-state index in [0.29, 0.717) is 29.0 Å². The Labute approximate surface area is 212 Å². The minimum Gasteiger partial charge on any atom is -0.350 e. The molecule has 3 aromatic rings. The topological polar surface area (TPSA) is 66.5 Å². The molecule has 0 spiro atoms. The van der Waals surface area contributed by atoms with Crippen LogP contribution in [0.15, 0.2) is 77.7 Å². The molecule has 0 atom stereocenters. The fourth-order valence-electron chi connectivity index (χ4n) is 4.20. The summed E-state index contributed by atoms with van der Waals surface area (Å²) in [6.45, 7) is 1.96. The molecule has 1 saturated carbocycles. The summed E-state index contributed by atoms with van der Waals surface area (Å²) in [4.78, 5) is 13.2. The number of amides is 1. The van der Waals surface area contributed by atoms with Crippen LogP contribution in [0.3, 0.4) is 0 Å². The fourth-order valence-corrected chi connectivity index (χ4v) is 6.13. The quantitative estimate of drug-likeness (QED) is 0.390. The molecule has 0 unspecified atom stereocenters. The number of carbonyl (C=O) groups excluding carboxylic acids is 1. The third-order valence-electron chi connectivity index (χ3n) is 6.24. The first-order chi connectivity index (χ1) is 17.0. The fraction of sp³-hybridized carbons (Fsp3) is 0.269. The van der Waals surface area contributed by atoms with Gasteiger partial charge in [0.2, 0.25) is 15.9 Å². The van der Waals surface area contributed by atoms with Crippen LogP contribution in [0.1, 0.15) is 30.9 Å². The maximum atomic E-state index is 13.3. The first-order valence-electron chi connectivity index (χ1n) is 11.3. The van der Waals surface area contributed by atoms with Crippen LogP contribution in [0.2, 0.25) is 5.02 Å². The number of carbonyl (C=O) groups is 1. The van der Waals surface area contributed by atoms with Crippen LogP contribution in [0, 0.1) is 0 Å². The SMILES string of the molecule is CCN(C1(C(=O)NCc2cccc(-c3ccc(C(F)(F)F)cc3)c2)CC1)S(=O)(=O)c1ccc(Cl)cc1. The van der Waals surface area contributed by atoms with E-state index in [2.05, 4.69) is 5.32 Å². The van der Waals surface area contributed by atoms with Gasteiger partial charge in [-0.15, -0.1) is 0 Å². The Balaban J connectivity index is 1.48. The molecule has 0 aromatic heterocycles. The van der Waals surface area contributed by atoms with Crippen molar-refractivity contribution in [3.05, 3.63) is 88.9 Å². The van der Waals surface area contributed by atoms with Gasteiger partial charge in [0.25, 0.3) is 0 Å². The van der Waals surface area contributed by atoms with Crippen molar-refractivity contribution < 1.29 is 26.4 Å². The van der Waals surface area contributed by atoms with Crippen LogP contribution < -0.4 is 5.32 Å². The van der Waals surface area contributed by atoms with E-state index >= 15 is 0 Å². The number of nitrogens with one attached hydrogen (secondary N) is 1. The predicted octanol–water partition coefficient (Wildman–Crippen LogP) is 5.89. The maximum absolute atomic E-state index is 13.3. The molecule has 0 radical (unpaired) electrons. The highest BCUT2D eigenvalue weighted by atomic mass is 35.5. The Kier molecular flexibility index (Phi) is 7.19. The Morgan fingerprint density at radius 2 is 1.64 bits per heavy atom. The maximum Gasteiger partial charge on any atom is 0.416 e. The van der Waals surface area contributed by atoms with Crippen LogP contribution in [0.25, 0.3) is 11.1 Å². The Morgan fingerprint density at radius 1 is 1.00 bits per heavy atom. The van der Waals surface area contributed by atoms with Gasteiger partial charge in [-0.05, 0) is 72.0 Å². The highest BCUT2D eigenvalue weighted by Crippen LogP contribution is 2.45. The van der Waals surface area contributed by atoms with E-state index < -0.39 is 27.3 Å². The lowest BCUT2D eigenvalue weighted by molar-refractivity contribution is -0.137. The third-order valence-corrected chi connectivity index (χ3v) is 8.55. The summed E-state index contributed by atoms with van der Waals surface area (Å²) in [7, 11) is -3.91. The van der Waals surface area contributed by atoms with E-state index in [1.165, 1.54) is 40.7 Å². The summed E-state index contributed by atoms with van der Waals surface area (Å²) in [5.41, 5.74) is 0.176. The molecule has 36 heavy (non-hydrogen) atoms. The molecule has 190 valence electrons. The van der Waals surface area contributed by atoms with Crippen LogP contribution in [-0.4, -0.2) is 30.7 Å². The number of nitrogens with zero attached hydrogens (tertiary/aromatic N) is 1. The smallest absolute Gasteiger partial charge is 0.350 e. The highest BCUT2D eigenvalue weighted by molar-refractivity contribution is 7.89. The van der Waals surface area contributed by atoms with Crippen molar-refractivity contribution in [2.24, 2.45) is 0 Å². The van der Waals surface area contributed by atoms with E-state index in [4.69, 9.17) is 11.6 Å². The average molecular weight is 537 g/mol. The first kappa shape index (κ1) is 26.2. The first-order valence-corrected chi connectivity index (χ1v) is 13.1. The molecular weight excluding hydrogens is 513 g/mol. The molecule has 1 N–H and O–H groups in total. The lowest BCUT2D eigenvalue weighted by atomic mass is 10.0. The molecule has 1 fully saturated rings. The number of hydrogen-bond acceptors (Lipinski definition) is 3. The van der Waals surface area contributed by atoms with E-state index in [1.807, 2.05) is 0 Å². The lowest BCUT2D eigenvalue weighted by Gasteiger charge is -2.29. The van der Waals surface area contributed by atoms with Crippen molar-refractivity contribution in [1.29, 1.82) is 0 Å². The number of sulfonamides is 1. The molecule has 0 bridgehead atoms. The Morgan fingerprint density at radius 3 is 2.19 bits per heavy atom. The number of halogens is 4. The molecule has 0 heterocycles. The molecule has 4 rings (SSSR count). The minimum atomic E-state index is -4.41. The molecule has 3 aromatic carbocycles. The van der Waals surface area contributed by atoms with Gasteiger partial charge in [0.05, 0.1) is 10.5 Å². The van der Waals surface area contributed by atoms with Crippen LogP contribution in [0.5, 0.6) is 0 Å². The van der Waals surface area contributed by atoms with Crippen molar-refractivity contribution in [2.45, 2.75) is 42.9 Å². The average Bonchev–Trinajstić information content (AvgIpc) is 3.64. The minimum absolute atomic E-state index is 0.0667. The van der Waals surface area contributed by atoms with Crippen LogP contribution in [0.4, 0.5) is 13.2 Å². The normalized spacial score (nSPS) is 15.1. The number of hydrogen-bond donors (Lipinski definition) is 1. The van der Waals surface area contributed by atoms with E-state index in [-0.39, 0.29) is 23.9 Å². The second kappa shape index (κ2) is 9.88. The van der Waals surface area contributed by atoms with Crippen molar-refractivity contribution >= 4 is 27.5 Å². The molecule has 5 nitrogen and oxygen atoms in total. The van der Waals surface area contributed by atoms with Gasteiger partial charge in [0.15, 0.2) is 0 Å². The van der Waals surface area contributed by atoms with Gasteiger partial charge in [-0.1, -0.05) is 48.9 Å². The third kappa shape index (κ3) is 5.28. The standard InChI is InChI=1S/C26H24ClF3N2O3S/c1-2-32(36(34,35)23-12-10-22(27)11-13-23)25(14-15-25)24(33)31-17-18-4-3-5-20(16-18)19-6-8-21(9-7-19)26(28,29)30/h3-13,16H,2,14-15,17H2,1H3,(H,31,33). The van der Waals surface area contributed by atoms with Gasteiger partial charge in [0.1, 0.15) is 5.54 Å². The molecule has 0 aliphatic heterocycles. The summed E-state index contributed by atoms with van der Waals surface area (Å²) in [5.74, 6) is -0.387. The molecule has 10 heteroatoms. The largest absolute Gasteiger partial charge is 0.416 e. The van der Waals surface area contributed by atoms with Gasteiger partial charge in [-0.2, -0.15) is 17.5 Å². The number of likely N-dealkylation sites (N-methyl/N-ethyl adjacent to an activating group) is 1. The van der Waals surface area contributed by atoms with E-state index in [1.54, 1.807) is 31.2 Å². The van der Waals surface area contributed by atoms with Crippen molar-refractivity contribution in [1.82, 2.24) is 9.62 Å². The second-order valence-electron chi connectivity index (χ2n) is 8.61. The van der Waals surface area contributed by atoms with E-state index in [0.717, 1.165) is 17.7 Å². The van der Waals surface area contributed by atoms with E-state index in [9.17, 15) is 26.4 Å². The van der Waals surface area contributed by atoms with Gasteiger partial charge in [-0.25, -0.2) is 8.42 Å². The zero-order valence-corrected chi connectivity index (χ0v) is 20.9. The van der Waals surface area contributed by atoms with Crippen molar-refractivity contribution in [2.75, 3.05) is 6.54 Å². The Hall–Kier alpha value is -2.88. The van der Waals surface area contributed by atoms with Crippen molar-refractivity contribution in [3.63, 3.8) is 0 Å². The molecule has 1 aliphatic carbocycles. The molecule has 1 aliphatic rings. The summed E-state index contributed by atoms with van der Waals surface area (Å²) in [6.07, 6.45) is -3.59. The van der Waals surface area contributed by atoms with Gasteiger partial charge in [0, 0.05) is 18.1 Å². The number of benzene rings is 3. The van der Waals surface area contributed by atoms with Crippen molar-refractivity contribution in [3.8, 4) is 11.1 Å². The van der Waals surface area contributed by atoms with Gasteiger partial charge >= 0.3 is 6.18 Å². The molecular formula is C26H24ClF3N2O3S.